The lowest BCUT2D eigenvalue weighted by Gasteiger charge is -2.41. The maximum atomic E-state index is 12.7. The number of aromatic amines is 1. The summed E-state index contributed by atoms with van der Waals surface area (Å²) in [6, 6.07) is 6.19. The molecule has 27 heavy (non-hydrogen) atoms. The van der Waals surface area contributed by atoms with E-state index in [1.54, 1.807) is 0 Å². The maximum absolute atomic E-state index is 12.7. The summed E-state index contributed by atoms with van der Waals surface area (Å²) < 4.78 is 10.9. The van der Waals surface area contributed by atoms with Crippen LogP contribution in [-0.2, 0) is 17.6 Å². The summed E-state index contributed by atoms with van der Waals surface area (Å²) in [6.45, 7) is 4.30. The Morgan fingerprint density at radius 1 is 1.30 bits per heavy atom. The Morgan fingerprint density at radius 3 is 3.04 bits per heavy atom. The predicted molar refractivity (Wildman–Crippen MR) is 102 cm³/mol. The van der Waals surface area contributed by atoms with Gasteiger partial charge in [0.2, 0.25) is 12.7 Å². The van der Waals surface area contributed by atoms with Gasteiger partial charge in [0, 0.05) is 25.7 Å². The Labute approximate surface area is 159 Å². The second-order valence-corrected chi connectivity index (χ2v) is 8.05. The van der Waals surface area contributed by atoms with Crippen LogP contribution in [-0.4, -0.2) is 40.9 Å². The van der Waals surface area contributed by atoms with E-state index in [1.807, 2.05) is 18.5 Å². The van der Waals surface area contributed by atoms with Crippen LogP contribution in [0.2, 0.25) is 0 Å². The molecular formula is C21H27N3O3. The van der Waals surface area contributed by atoms with Crippen molar-refractivity contribution in [2.45, 2.75) is 45.4 Å². The van der Waals surface area contributed by atoms with Gasteiger partial charge in [0.15, 0.2) is 11.5 Å². The van der Waals surface area contributed by atoms with Crippen LogP contribution in [0.4, 0.5) is 0 Å². The first kappa shape index (κ1) is 17.9. The summed E-state index contributed by atoms with van der Waals surface area (Å²) in [5.74, 6) is 1.93. The van der Waals surface area contributed by atoms with Gasteiger partial charge in [-0.1, -0.05) is 13.0 Å². The number of H-pyrrole nitrogens is 1. The van der Waals surface area contributed by atoms with Crippen molar-refractivity contribution in [3.8, 4) is 11.5 Å². The molecule has 1 aromatic heterocycles. The van der Waals surface area contributed by atoms with E-state index in [9.17, 15) is 4.79 Å². The highest BCUT2D eigenvalue weighted by molar-refractivity contribution is 5.76. The molecule has 0 aliphatic carbocycles. The monoisotopic (exact) mass is 369 g/mol. The Morgan fingerprint density at radius 2 is 2.19 bits per heavy atom. The summed E-state index contributed by atoms with van der Waals surface area (Å²) in [4.78, 5) is 14.7. The molecule has 0 bridgehead atoms. The number of ether oxygens (including phenoxy) is 2. The van der Waals surface area contributed by atoms with E-state index in [0.29, 0.717) is 13.2 Å². The van der Waals surface area contributed by atoms with E-state index in [1.165, 1.54) is 5.56 Å². The smallest absolute Gasteiger partial charge is 0.231 e. The molecule has 2 aliphatic rings. The fourth-order valence-electron chi connectivity index (χ4n) is 4.23. The quantitative estimate of drug-likeness (QED) is 0.848. The van der Waals surface area contributed by atoms with Gasteiger partial charge in [-0.25, -0.2) is 0 Å². The summed E-state index contributed by atoms with van der Waals surface area (Å²) in [5.41, 5.74) is 2.51. The predicted octanol–water partition coefficient (Wildman–Crippen LogP) is 3.33. The third-order valence-electron chi connectivity index (χ3n) is 5.61. The lowest BCUT2D eigenvalue weighted by molar-refractivity contribution is -0.134. The molecule has 1 atom stereocenters. The molecule has 1 aromatic carbocycles. The number of piperidine rings is 1. The highest BCUT2D eigenvalue weighted by Gasteiger charge is 2.33. The standard InChI is InChI=1S/C21H27N3O3/c1-21(11-16-6-7-18-19(10-16)27-15-26-18)8-3-9-24(14-21)20(25)5-2-4-17-12-22-23-13-17/h6-7,10,12-13H,2-5,8-9,11,14-15H2,1H3,(H,22,23). The molecule has 2 aliphatic heterocycles. The second kappa shape index (κ2) is 7.62. The molecule has 0 saturated carbocycles. The number of carbonyl (C=O) groups excluding carboxylic acids is 1. The Balaban J connectivity index is 1.32. The van der Waals surface area contributed by atoms with Crippen molar-refractivity contribution in [2.75, 3.05) is 19.9 Å². The van der Waals surface area contributed by atoms with Crippen LogP contribution in [0.1, 0.15) is 43.7 Å². The van der Waals surface area contributed by atoms with Gasteiger partial charge in [-0.2, -0.15) is 5.10 Å². The summed E-state index contributed by atoms with van der Waals surface area (Å²) >= 11 is 0. The molecule has 6 nitrogen and oxygen atoms in total. The maximum Gasteiger partial charge on any atom is 0.231 e. The number of hydrogen-bond donors (Lipinski definition) is 1. The molecule has 6 heteroatoms. The number of rotatable bonds is 6. The van der Waals surface area contributed by atoms with Crippen LogP contribution >= 0.6 is 0 Å². The van der Waals surface area contributed by atoms with Gasteiger partial charge in [-0.05, 0) is 60.8 Å². The normalized spacial score (nSPS) is 21.4. The summed E-state index contributed by atoms with van der Waals surface area (Å²) in [6.07, 6.45) is 9.24. The highest BCUT2D eigenvalue weighted by atomic mass is 16.7. The van der Waals surface area contributed by atoms with Crippen molar-refractivity contribution in [2.24, 2.45) is 5.41 Å². The fraction of sp³-hybridized carbons (Fsp3) is 0.524. The van der Waals surface area contributed by atoms with Crippen molar-refractivity contribution >= 4 is 5.91 Å². The number of amides is 1. The zero-order valence-corrected chi connectivity index (χ0v) is 15.9. The Kier molecular flexibility index (Phi) is 5.05. The molecule has 0 spiro atoms. The molecule has 3 heterocycles. The minimum atomic E-state index is 0.103. The van der Waals surface area contributed by atoms with Gasteiger partial charge in [0.05, 0.1) is 6.20 Å². The molecule has 1 unspecified atom stereocenters. The molecule has 1 saturated heterocycles. The van der Waals surface area contributed by atoms with Crippen molar-refractivity contribution < 1.29 is 14.3 Å². The van der Waals surface area contributed by atoms with Crippen LogP contribution in [0, 0.1) is 5.41 Å². The van der Waals surface area contributed by atoms with Gasteiger partial charge in [0.1, 0.15) is 0 Å². The Hall–Kier alpha value is -2.50. The van der Waals surface area contributed by atoms with Crippen LogP contribution in [0.25, 0.3) is 0 Å². The molecule has 144 valence electrons. The number of nitrogens with zero attached hydrogens (tertiary/aromatic N) is 2. The lowest BCUT2D eigenvalue weighted by Crippen LogP contribution is -2.45. The number of nitrogens with one attached hydrogen (secondary N) is 1. The van der Waals surface area contributed by atoms with E-state index in [0.717, 1.165) is 62.3 Å². The third kappa shape index (κ3) is 4.26. The van der Waals surface area contributed by atoms with E-state index in [2.05, 4.69) is 34.2 Å². The van der Waals surface area contributed by atoms with Gasteiger partial charge in [-0.15, -0.1) is 0 Å². The number of aromatic nitrogens is 2. The highest BCUT2D eigenvalue weighted by Crippen LogP contribution is 2.37. The minimum absolute atomic E-state index is 0.103. The first-order valence-electron chi connectivity index (χ1n) is 9.75. The molecule has 0 radical (unpaired) electrons. The molecular weight excluding hydrogens is 342 g/mol. The van der Waals surface area contributed by atoms with E-state index in [4.69, 9.17) is 9.47 Å². The van der Waals surface area contributed by atoms with Crippen LogP contribution in [0.3, 0.4) is 0 Å². The first-order chi connectivity index (χ1) is 13.1. The van der Waals surface area contributed by atoms with Gasteiger partial charge in [0.25, 0.3) is 0 Å². The molecule has 1 fully saturated rings. The zero-order chi connectivity index (χ0) is 18.7. The molecule has 2 aromatic rings. The molecule has 1 N–H and O–H groups in total. The number of aryl methyl sites for hydroxylation is 1. The summed E-state index contributed by atoms with van der Waals surface area (Å²) in [7, 11) is 0. The van der Waals surface area contributed by atoms with Crippen molar-refractivity contribution in [3.05, 3.63) is 41.7 Å². The van der Waals surface area contributed by atoms with Crippen molar-refractivity contribution in [3.63, 3.8) is 0 Å². The number of benzene rings is 1. The number of fused-ring (bicyclic) bond motifs is 1. The number of carbonyl (C=O) groups is 1. The van der Waals surface area contributed by atoms with E-state index < -0.39 is 0 Å². The topological polar surface area (TPSA) is 67.5 Å². The van der Waals surface area contributed by atoms with Crippen LogP contribution in [0.5, 0.6) is 11.5 Å². The van der Waals surface area contributed by atoms with Crippen molar-refractivity contribution in [1.29, 1.82) is 0 Å². The van der Waals surface area contributed by atoms with Gasteiger partial charge in [-0.3, -0.25) is 9.89 Å². The average Bonchev–Trinajstić information content (AvgIpc) is 3.32. The zero-order valence-electron chi connectivity index (χ0n) is 15.9. The SMILES string of the molecule is CC1(Cc2ccc3c(c2)OCO3)CCCN(C(=O)CCCc2cn[nH]c2)C1. The van der Waals surface area contributed by atoms with Gasteiger partial charge < -0.3 is 14.4 Å². The molecule has 1 amide bonds. The first-order valence-corrected chi connectivity index (χ1v) is 9.75. The average molecular weight is 369 g/mol. The summed E-state index contributed by atoms with van der Waals surface area (Å²) in [5, 5.41) is 6.77. The molecule has 4 rings (SSSR count). The van der Waals surface area contributed by atoms with Crippen molar-refractivity contribution in [1.82, 2.24) is 15.1 Å². The minimum Gasteiger partial charge on any atom is -0.454 e. The third-order valence-corrected chi connectivity index (χ3v) is 5.61. The number of likely N-dealkylation sites (tertiary alicyclic amines) is 1. The van der Waals surface area contributed by atoms with Gasteiger partial charge >= 0.3 is 0 Å². The van der Waals surface area contributed by atoms with Crippen LogP contribution < -0.4 is 9.47 Å². The fourth-order valence-corrected chi connectivity index (χ4v) is 4.23. The lowest BCUT2D eigenvalue weighted by atomic mass is 9.77. The van der Waals surface area contributed by atoms with Crippen LogP contribution in [0.15, 0.2) is 30.6 Å². The number of hydrogen-bond acceptors (Lipinski definition) is 4. The second-order valence-electron chi connectivity index (χ2n) is 8.05. The van der Waals surface area contributed by atoms with E-state index in [-0.39, 0.29) is 11.3 Å². The largest absolute Gasteiger partial charge is 0.454 e. The Bertz CT molecular complexity index is 790. The van der Waals surface area contributed by atoms with E-state index >= 15 is 0 Å².